The van der Waals surface area contributed by atoms with E-state index in [2.05, 4.69) is 10.3 Å². The molecule has 0 saturated carbocycles. The van der Waals surface area contributed by atoms with E-state index >= 15 is 0 Å². The summed E-state index contributed by atoms with van der Waals surface area (Å²) in [6.45, 7) is 3.81. The fourth-order valence-electron chi connectivity index (χ4n) is 1.60. The van der Waals surface area contributed by atoms with Crippen molar-refractivity contribution in [3.05, 3.63) is 42.0 Å². The molecule has 1 N–H and O–H groups in total. The highest BCUT2D eigenvalue weighted by atomic mass is 19.1. The minimum absolute atomic E-state index is 0.0848. The number of rotatable bonds is 3. The van der Waals surface area contributed by atoms with E-state index in [9.17, 15) is 13.2 Å². The summed E-state index contributed by atoms with van der Waals surface area (Å²) >= 11 is 0. The SMILES string of the molecule is CC(C)n1ccnc1Nc1c(F)cc(F)cc1F. The second kappa shape index (κ2) is 4.72. The Kier molecular flexibility index (Phi) is 3.27. The predicted octanol–water partition coefficient (Wildman–Crippen LogP) is 3.62. The first-order valence-electron chi connectivity index (χ1n) is 5.43. The molecular weight excluding hydrogens is 243 g/mol. The van der Waals surface area contributed by atoms with Gasteiger partial charge in [0.2, 0.25) is 5.95 Å². The number of nitrogens with zero attached hydrogens (tertiary/aromatic N) is 2. The third-order valence-corrected chi connectivity index (χ3v) is 2.47. The molecule has 0 bridgehead atoms. The van der Waals surface area contributed by atoms with Crippen molar-refractivity contribution >= 4 is 11.6 Å². The van der Waals surface area contributed by atoms with Crippen LogP contribution in [-0.2, 0) is 0 Å². The molecule has 96 valence electrons. The van der Waals surface area contributed by atoms with Gasteiger partial charge in [-0.15, -0.1) is 0 Å². The predicted molar refractivity (Wildman–Crippen MR) is 62.2 cm³/mol. The molecule has 0 aliphatic carbocycles. The zero-order valence-corrected chi connectivity index (χ0v) is 9.92. The van der Waals surface area contributed by atoms with Gasteiger partial charge in [-0.3, -0.25) is 0 Å². The van der Waals surface area contributed by atoms with Crippen LogP contribution in [-0.4, -0.2) is 9.55 Å². The van der Waals surface area contributed by atoms with Gasteiger partial charge < -0.3 is 9.88 Å². The first-order chi connectivity index (χ1) is 8.49. The van der Waals surface area contributed by atoms with E-state index in [1.165, 1.54) is 6.20 Å². The van der Waals surface area contributed by atoms with Crippen LogP contribution in [0.2, 0.25) is 0 Å². The summed E-state index contributed by atoms with van der Waals surface area (Å²) in [6.07, 6.45) is 3.20. The van der Waals surface area contributed by atoms with Crippen LogP contribution < -0.4 is 5.32 Å². The van der Waals surface area contributed by atoms with Gasteiger partial charge in [-0.05, 0) is 13.8 Å². The summed E-state index contributed by atoms with van der Waals surface area (Å²) < 4.78 is 41.4. The van der Waals surface area contributed by atoms with E-state index in [-0.39, 0.29) is 6.04 Å². The van der Waals surface area contributed by atoms with Crippen LogP contribution in [0.5, 0.6) is 0 Å². The zero-order chi connectivity index (χ0) is 13.3. The maximum Gasteiger partial charge on any atom is 0.207 e. The summed E-state index contributed by atoms with van der Waals surface area (Å²) in [4.78, 5) is 3.96. The first-order valence-corrected chi connectivity index (χ1v) is 5.43. The minimum atomic E-state index is -0.995. The van der Waals surface area contributed by atoms with E-state index in [4.69, 9.17) is 0 Å². The Labute approximate surface area is 102 Å². The van der Waals surface area contributed by atoms with E-state index in [1.54, 1.807) is 10.8 Å². The van der Waals surface area contributed by atoms with E-state index in [0.29, 0.717) is 18.1 Å². The van der Waals surface area contributed by atoms with E-state index in [1.807, 2.05) is 13.8 Å². The minimum Gasteiger partial charge on any atom is -0.321 e. The highest BCUT2D eigenvalue weighted by Crippen LogP contribution is 2.24. The van der Waals surface area contributed by atoms with Crippen LogP contribution >= 0.6 is 0 Å². The molecule has 6 heteroatoms. The van der Waals surface area contributed by atoms with Crippen molar-refractivity contribution in [3.63, 3.8) is 0 Å². The molecule has 0 saturated heterocycles. The average molecular weight is 255 g/mol. The fraction of sp³-hybridized carbons (Fsp3) is 0.250. The summed E-state index contributed by atoms with van der Waals surface area (Å²) in [5.74, 6) is -2.64. The molecule has 1 aromatic heterocycles. The van der Waals surface area contributed by atoms with Gasteiger partial charge in [-0.25, -0.2) is 18.2 Å². The molecule has 0 aliphatic rings. The number of imidazole rings is 1. The van der Waals surface area contributed by atoms with E-state index in [0.717, 1.165) is 0 Å². The molecule has 0 fully saturated rings. The molecule has 1 aromatic carbocycles. The van der Waals surface area contributed by atoms with Gasteiger partial charge in [0.25, 0.3) is 0 Å². The van der Waals surface area contributed by atoms with Crippen molar-refractivity contribution in [3.8, 4) is 0 Å². The van der Waals surface area contributed by atoms with Crippen molar-refractivity contribution in [2.45, 2.75) is 19.9 Å². The zero-order valence-electron chi connectivity index (χ0n) is 9.92. The lowest BCUT2D eigenvalue weighted by Gasteiger charge is -2.13. The molecule has 0 amide bonds. The highest BCUT2D eigenvalue weighted by Gasteiger charge is 2.14. The maximum absolute atomic E-state index is 13.5. The van der Waals surface area contributed by atoms with Gasteiger partial charge in [0, 0.05) is 30.6 Å². The normalized spacial score (nSPS) is 11.0. The Balaban J connectivity index is 2.37. The Morgan fingerprint density at radius 3 is 2.33 bits per heavy atom. The first kappa shape index (κ1) is 12.5. The number of hydrogen-bond acceptors (Lipinski definition) is 2. The standard InChI is InChI=1S/C12H12F3N3/c1-7(2)18-4-3-16-12(18)17-11-9(14)5-8(13)6-10(11)15/h3-7H,1-2H3,(H,16,17). The summed E-state index contributed by atoms with van der Waals surface area (Å²) in [5.41, 5.74) is -0.412. The highest BCUT2D eigenvalue weighted by molar-refractivity contribution is 5.55. The van der Waals surface area contributed by atoms with Crippen LogP contribution in [0, 0.1) is 17.5 Å². The van der Waals surface area contributed by atoms with Crippen molar-refractivity contribution in [1.29, 1.82) is 0 Å². The molecular formula is C12H12F3N3. The molecule has 0 radical (unpaired) electrons. The van der Waals surface area contributed by atoms with Crippen LogP contribution in [0.15, 0.2) is 24.5 Å². The van der Waals surface area contributed by atoms with Crippen LogP contribution in [0.25, 0.3) is 0 Å². The lowest BCUT2D eigenvalue weighted by atomic mass is 10.3. The summed E-state index contributed by atoms with van der Waals surface area (Å²) in [5, 5.41) is 2.53. The van der Waals surface area contributed by atoms with Gasteiger partial charge >= 0.3 is 0 Å². The summed E-state index contributed by atoms with van der Waals surface area (Å²) in [7, 11) is 0. The molecule has 0 spiro atoms. The topological polar surface area (TPSA) is 29.9 Å². The summed E-state index contributed by atoms with van der Waals surface area (Å²) in [6, 6.07) is 1.32. The van der Waals surface area contributed by atoms with Crippen molar-refractivity contribution in [2.24, 2.45) is 0 Å². The fourth-order valence-corrected chi connectivity index (χ4v) is 1.60. The average Bonchev–Trinajstić information content (AvgIpc) is 2.71. The Hall–Kier alpha value is -1.98. The van der Waals surface area contributed by atoms with Crippen LogP contribution in [0.4, 0.5) is 24.8 Å². The van der Waals surface area contributed by atoms with Gasteiger partial charge in [-0.1, -0.05) is 0 Å². The van der Waals surface area contributed by atoms with Crippen molar-refractivity contribution in [1.82, 2.24) is 9.55 Å². The lowest BCUT2D eigenvalue weighted by molar-refractivity contribution is 0.547. The second-order valence-corrected chi connectivity index (χ2v) is 4.12. The number of nitrogens with one attached hydrogen (secondary N) is 1. The maximum atomic E-state index is 13.5. The molecule has 18 heavy (non-hydrogen) atoms. The number of benzene rings is 1. The van der Waals surface area contributed by atoms with Gasteiger partial charge in [-0.2, -0.15) is 0 Å². The Morgan fingerprint density at radius 1 is 1.17 bits per heavy atom. The molecule has 0 aliphatic heterocycles. The van der Waals surface area contributed by atoms with Gasteiger partial charge in [0.05, 0.1) is 0 Å². The van der Waals surface area contributed by atoms with Gasteiger partial charge in [0.15, 0.2) is 11.6 Å². The number of aromatic nitrogens is 2. The van der Waals surface area contributed by atoms with E-state index < -0.39 is 23.1 Å². The van der Waals surface area contributed by atoms with Gasteiger partial charge in [0.1, 0.15) is 11.5 Å². The van der Waals surface area contributed by atoms with Crippen LogP contribution in [0.1, 0.15) is 19.9 Å². The van der Waals surface area contributed by atoms with Crippen molar-refractivity contribution in [2.75, 3.05) is 5.32 Å². The molecule has 2 rings (SSSR count). The second-order valence-electron chi connectivity index (χ2n) is 4.12. The van der Waals surface area contributed by atoms with Crippen LogP contribution in [0.3, 0.4) is 0 Å². The monoisotopic (exact) mass is 255 g/mol. The van der Waals surface area contributed by atoms with Crippen molar-refractivity contribution < 1.29 is 13.2 Å². The third kappa shape index (κ3) is 2.32. The molecule has 0 unspecified atom stereocenters. The molecule has 1 heterocycles. The third-order valence-electron chi connectivity index (χ3n) is 2.47. The molecule has 0 atom stereocenters. The largest absolute Gasteiger partial charge is 0.321 e. The number of hydrogen-bond donors (Lipinski definition) is 1. The lowest BCUT2D eigenvalue weighted by Crippen LogP contribution is -2.07. The Morgan fingerprint density at radius 2 is 1.78 bits per heavy atom. The molecule has 3 nitrogen and oxygen atoms in total. The Bertz CT molecular complexity index is 540. The number of anilines is 2. The quantitative estimate of drug-likeness (QED) is 0.907. The molecule has 2 aromatic rings. The number of halogens is 3. The smallest absolute Gasteiger partial charge is 0.207 e.